The molecule has 0 fully saturated rings. The molecule has 0 bridgehead atoms. The SMILES string of the molecule is CCCCC(C)c1cnn(C)c1. The van der Waals surface area contributed by atoms with Crippen LogP contribution in [0.3, 0.4) is 0 Å². The zero-order chi connectivity index (χ0) is 8.97. The lowest BCUT2D eigenvalue weighted by Gasteiger charge is -2.06. The molecule has 0 aliphatic rings. The van der Waals surface area contributed by atoms with Gasteiger partial charge in [0.2, 0.25) is 0 Å². The highest BCUT2D eigenvalue weighted by molar-refractivity contribution is 5.09. The van der Waals surface area contributed by atoms with E-state index in [2.05, 4.69) is 25.1 Å². The van der Waals surface area contributed by atoms with Gasteiger partial charge < -0.3 is 0 Å². The quantitative estimate of drug-likeness (QED) is 0.672. The van der Waals surface area contributed by atoms with Crippen LogP contribution in [0, 0.1) is 0 Å². The molecule has 0 aliphatic heterocycles. The van der Waals surface area contributed by atoms with E-state index in [-0.39, 0.29) is 0 Å². The number of hydrogen-bond donors (Lipinski definition) is 0. The smallest absolute Gasteiger partial charge is 0.0524 e. The summed E-state index contributed by atoms with van der Waals surface area (Å²) in [6.07, 6.45) is 7.96. The Morgan fingerprint density at radius 1 is 1.58 bits per heavy atom. The molecule has 1 atom stereocenters. The van der Waals surface area contributed by atoms with Gasteiger partial charge in [-0.15, -0.1) is 0 Å². The fourth-order valence-electron chi connectivity index (χ4n) is 1.37. The highest BCUT2D eigenvalue weighted by atomic mass is 15.2. The van der Waals surface area contributed by atoms with E-state index in [0.29, 0.717) is 5.92 Å². The van der Waals surface area contributed by atoms with Crippen molar-refractivity contribution in [2.24, 2.45) is 7.05 Å². The predicted molar refractivity (Wildman–Crippen MR) is 51.1 cm³/mol. The predicted octanol–water partition coefficient (Wildman–Crippen LogP) is 2.71. The fourth-order valence-corrected chi connectivity index (χ4v) is 1.37. The normalized spacial score (nSPS) is 13.2. The van der Waals surface area contributed by atoms with Gasteiger partial charge in [-0.3, -0.25) is 4.68 Å². The van der Waals surface area contributed by atoms with Crippen molar-refractivity contribution in [3.05, 3.63) is 18.0 Å². The van der Waals surface area contributed by atoms with Gasteiger partial charge in [0.25, 0.3) is 0 Å². The number of aryl methyl sites for hydroxylation is 1. The van der Waals surface area contributed by atoms with Crippen LogP contribution in [-0.2, 0) is 7.05 Å². The number of aromatic nitrogens is 2. The van der Waals surface area contributed by atoms with Gasteiger partial charge in [-0.05, 0) is 17.9 Å². The summed E-state index contributed by atoms with van der Waals surface area (Å²) in [7, 11) is 1.97. The van der Waals surface area contributed by atoms with E-state index in [1.54, 1.807) is 0 Å². The van der Waals surface area contributed by atoms with E-state index in [1.807, 2.05) is 17.9 Å². The maximum atomic E-state index is 4.16. The summed E-state index contributed by atoms with van der Waals surface area (Å²) < 4.78 is 1.87. The molecule has 0 aliphatic carbocycles. The first-order chi connectivity index (χ1) is 5.74. The summed E-state index contributed by atoms with van der Waals surface area (Å²) in [5.41, 5.74) is 1.37. The van der Waals surface area contributed by atoms with Gasteiger partial charge >= 0.3 is 0 Å². The molecule has 1 rings (SSSR count). The zero-order valence-electron chi connectivity index (χ0n) is 8.25. The Hall–Kier alpha value is -0.790. The van der Waals surface area contributed by atoms with Crippen LogP contribution in [0.2, 0.25) is 0 Å². The Labute approximate surface area is 74.6 Å². The minimum atomic E-state index is 0.665. The Kier molecular flexibility index (Phi) is 3.32. The van der Waals surface area contributed by atoms with Crippen molar-refractivity contribution in [1.82, 2.24) is 9.78 Å². The number of hydrogen-bond acceptors (Lipinski definition) is 1. The first-order valence-corrected chi connectivity index (χ1v) is 4.72. The molecule has 0 amide bonds. The molecule has 1 heterocycles. The van der Waals surface area contributed by atoms with Gasteiger partial charge in [0, 0.05) is 13.2 Å². The highest BCUT2D eigenvalue weighted by Crippen LogP contribution is 2.19. The monoisotopic (exact) mass is 166 g/mol. The van der Waals surface area contributed by atoms with Gasteiger partial charge in [-0.1, -0.05) is 26.7 Å². The van der Waals surface area contributed by atoms with E-state index in [9.17, 15) is 0 Å². The first kappa shape index (κ1) is 9.30. The van der Waals surface area contributed by atoms with E-state index < -0.39 is 0 Å². The standard InChI is InChI=1S/C10H18N2/c1-4-5-6-9(2)10-7-11-12(3)8-10/h7-9H,4-6H2,1-3H3. The third-order valence-corrected chi connectivity index (χ3v) is 2.28. The molecule has 1 aromatic rings. The summed E-state index contributed by atoms with van der Waals surface area (Å²) in [5, 5.41) is 4.16. The Balaban J connectivity index is 2.47. The van der Waals surface area contributed by atoms with Crippen LogP contribution >= 0.6 is 0 Å². The minimum absolute atomic E-state index is 0.665. The average Bonchev–Trinajstić information content (AvgIpc) is 2.47. The summed E-state index contributed by atoms with van der Waals surface area (Å²) in [6, 6.07) is 0. The maximum absolute atomic E-state index is 4.16. The summed E-state index contributed by atoms with van der Waals surface area (Å²) >= 11 is 0. The van der Waals surface area contributed by atoms with Gasteiger partial charge in [0.1, 0.15) is 0 Å². The van der Waals surface area contributed by atoms with Gasteiger partial charge in [0.05, 0.1) is 6.20 Å². The second-order valence-corrected chi connectivity index (χ2v) is 3.49. The number of unbranched alkanes of at least 4 members (excludes halogenated alkanes) is 1. The van der Waals surface area contributed by atoms with Crippen LogP contribution in [0.5, 0.6) is 0 Å². The molecular formula is C10H18N2. The molecule has 0 N–H and O–H groups in total. The molecule has 2 nitrogen and oxygen atoms in total. The van der Waals surface area contributed by atoms with Crippen molar-refractivity contribution in [2.75, 3.05) is 0 Å². The van der Waals surface area contributed by atoms with Crippen molar-refractivity contribution >= 4 is 0 Å². The van der Waals surface area contributed by atoms with Gasteiger partial charge in [-0.2, -0.15) is 5.10 Å². The lowest BCUT2D eigenvalue weighted by molar-refractivity contribution is 0.623. The fraction of sp³-hybridized carbons (Fsp3) is 0.700. The second-order valence-electron chi connectivity index (χ2n) is 3.49. The molecular weight excluding hydrogens is 148 g/mol. The van der Waals surface area contributed by atoms with Crippen LogP contribution in [0.15, 0.2) is 12.4 Å². The van der Waals surface area contributed by atoms with Crippen molar-refractivity contribution in [3.63, 3.8) is 0 Å². The van der Waals surface area contributed by atoms with E-state index in [1.165, 1.54) is 24.8 Å². The molecule has 0 spiro atoms. The Morgan fingerprint density at radius 2 is 2.33 bits per heavy atom. The number of rotatable bonds is 4. The molecule has 12 heavy (non-hydrogen) atoms. The lowest BCUT2D eigenvalue weighted by Crippen LogP contribution is -1.91. The molecule has 1 unspecified atom stereocenters. The minimum Gasteiger partial charge on any atom is -0.276 e. The van der Waals surface area contributed by atoms with E-state index >= 15 is 0 Å². The third-order valence-electron chi connectivity index (χ3n) is 2.28. The molecule has 0 aromatic carbocycles. The van der Waals surface area contributed by atoms with Crippen molar-refractivity contribution in [2.45, 2.75) is 39.0 Å². The average molecular weight is 166 g/mol. The molecule has 0 saturated heterocycles. The highest BCUT2D eigenvalue weighted by Gasteiger charge is 2.05. The van der Waals surface area contributed by atoms with Crippen molar-refractivity contribution in [3.8, 4) is 0 Å². The zero-order valence-corrected chi connectivity index (χ0v) is 8.25. The van der Waals surface area contributed by atoms with Crippen molar-refractivity contribution < 1.29 is 0 Å². The molecule has 68 valence electrons. The summed E-state index contributed by atoms with van der Waals surface area (Å²) in [6.45, 7) is 4.50. The van der Waals surface area contributed by atoms with Crippen LogP contribution in [0.25, 0.3) is 0 Å². The van der Waals surface area contributed by atoms with Crippen LogP contribution in [0.4, 0.5) is 0 Å². The van der Waals surface area contributed by atoms with E-state index in [0.717, 1.165) is 0 Å². The Morgan fingerprint density at radius 3 is 2.83 bits per heavy atom. The van der Waals surface area contributed by atoms with Crippen LogP contribution in [-0.4, -0.2) is 9.78 Å². The first-order valence-electron chi connectivity index (χ1n) is 4.72. The summed E-state index contributed by atoms with van der Waals surface area (Å²) in [5.74, 6) is 0.665. The third kappa shape index (κ3) is 2.36. The topological polar surface area (TPSA) is 17.8 Å². The molecule has 0 radical (unpaired) electrons. The molecule has 2 heteroatoms. The number of nitrogens with zero attached hydrogens (tertiary/aromatic N) is 2. The van der Waals surface area contributed by atoms with Gasteiger partial charge in [0.15, 0.2) is 0 Å². The summed E-state index contributed by atoms with van der Waals surface area (Å²) in [4.78, 5) is 0. The van der Waals surface area contributed by atoms with Crippen molar-refractivity contribution in [1.29, 1.82) is 0 Å². The largest absolute Gasteiger partial charge is 0.276 e. The van der Waals surface area contributed by atoms with E-state index in [4.69, 9.17) is 0 Å². The van der Waals surface area contributed by atoms with Crippen LogP contribution < -0.4 is 0 Å². The van der Waals surface area contributed by atoms with Gasteiger partial charge in [-0.25, -0.2) is 0 Å². The lowest BCUT2D eigenvalue weighted by atomic mass is 9.99. The Bertz CT molecular complexity index is 227. The molecule has 0 saturated carbocycles. The maximum Gasteiger partial charge on any atom is 0.0524 e. The molecule has 1 aromatic heterocycles. The van der Waals surface area contributed by atoms with Crippen LogP contribution in [0.1, 0.15) is 44.6 Å². The second kappa shape index (κ2) is 4.29.